The van der Waals surface area contributed by atoms with E-state index in [0.29, 0.717) is 28.5 Å². The van der Waals surface area contributed by atoms with Gasteiger partial charge in [0.25, 0.3) is 5.91 Å². The van der Waals surface area contributed by atoms with E-state index in [4.69, 9.17) is 14.2 Å². The molecule has 1 aliphatic rings. The standard InChI is InChI=1S/C28H24F3N3O6S/c1-37-22-15-24(39-3)23(38-2)14-17(22)13-20-26(36)34(18-9-5-4-6-10-18)27(33-20)41-16-25(35)32-19-11-7-8-12-21(19)40-28(29,30)31/h4-15H,16H2,1-3H3,(H,32,35). The minimum absolute atomic E-state index is 0.0613. The van der Waals surface area contributed by atoms with Gasteiger partial charge in [0, 0.05) is 11.6 Å². The number of hydrogen-bond donors (Lipinski definition) is 1. The number of aliphatic imine (C=N–C) groups is 1. The molecule has 3 aromatic carbocycles. The molecule has 0 spiro atoms. The quantitative estimate of drug-likeness (QED) is 0.320. The molecule has 1 N–H and O–H groups in total. The third-order valence-corrected chi connectivity index (χ3v) is 6.53. The number of carbonyl (C=O) groups excluding carboxylic acids is 2. The van der Waals surface area contributed by atoms with Crippen LogP contribution in [0.15, 0.2) is 77.4 Å². The Kier molecular flexibility index (Phi) is 9.07. The molecule has 3 aromatic rings. The molecule has 0 unspecified atom stereocenters. The van der Waals surface area contributed by atoms with E-state index in [-0.39, 0.29) is 22.3 Å². The van der Waals surface area contributed by atoms with Gasteiger partial charge in [-0.2, -0.15) is 0 Å². The van der Waals surface area contributed by atoms with Crippen LogP contribution in [0.2, 0.25) is 0 Å². The van der Waals surface area contributed by atoms with Gasteiger partial charge in [-0.1, -0.05) is 42.1 Å². The number of rotatable bonds is 9. The Hall–Kier alpha value is -4.65. The first-order chi connectivity index (χ1) is 19.6. The molecule has 0 atom stereocenters. The largest absolute Gasteiger partial charge is 0.573 e. The molecule has 9 nitrogen and oxygen atoms in total. The van der Waals surface area contributed by atoms with E-state index in [1.807, 2.05) is 0 Å². The van der Waals surface area contributed by atoms with Crippen molar-refractivity contribution in [1.29, 1.82) is 0 Å². The molecule has 0 aliphatic carbocycles. The van der Waals surface area contributed by atoms with Crippen LogP contribution in [0.5, 0.6) is 23.0 Å². The normalized spacial score (nSPS) is 14.1. The van der Waals surface area contributed by atoms with Gasteiger partial charge < -0.3 is 24.3 Å². The highest BCUT2D eigenvalue weighted by Crippen LogP contribution is 2.37. The second-order valence-corrected chi connectivity index (χ2v) is 9.17. The number of ether oxygens (including phenoxy) is 4. The van der Waals surface area contributed by atoms with Gasteiger partial charge in [0.15, 0.2) is 22.4 Å². The Morgan fingerprint density at radius 3 is 2.22 bits per heavy atom. The summed E-state index contributed by atoms with van der Waals surface area (Å²) in [6.45, 7) is 0. The van der Waals surface area contributed by atoms with Crippen molar-refractivity contribution >= 4 is 46.2 Å². The fourth-order valence-electron chi connectivity index (χ4n) is 3.81. The number of alkyl halides is 3. The third-order valence-electron chi connectivity index (χ3n) is 5.59. The number of anilines is 2. The van der Waals surface area contributed by atoms with Crippen LogP contribution < -0.4 is 29.2 Å². The van der Waals surface area contributed by atoms with Gasteiger partial charge in [0.2, 0.25) is 5.91 Å². The number of benzene rings is 3. The number of amides is 2. The molecule has 214 valence electrons. The summed E-state index contributed by atoms with van der Waals surface area (Å²) in [5.74, 6) is -0.645. The molecule has 4 rings (SSSR count). The molecule has 0 bridgehead atoms. The minimum Gasteiger partial charge on any atom is -0.496 e. The van der Waals surface area contributed by atoms with E-state index >= 15 is 0 Å². The lowest BCUT2D eigenvalue weighted by molar-refractivity contribution is -0.274. The van der Waals surface area contributed by atoms with Crippen LogP contribution in [-0.2, 0) is 9.59 Å². The maximum atomic E-state index is 13.5. The van der Waals surface area contributed by atoms with Crippen molar-refractivity contribution in [3.05, 3.63) is 78.0 Å². The van der Waals surface area contributed by atoms with Crippen molar-refractivity contribution in [3.8, 4) is 23.0 Å². The number of nitrogens with zero attached hydrogens (tertiary/aromatic N) is 2. The number of hydrogen-bond acceptors (Lipinski definition) is 8. The van der Waals surface area contributed by atoms with E-state index in [1.54, 1.807) is 42.5 Å². The van der Waals surface area contributed by atoms with E-state index in [2.05, 4.69) is 15.0 Å². The summed E-state index contributed by atoms with van der Waals surface area (Å²) in [6, 6.07) is 17.1. The molecule has 0 radical (unpaired) electrons. The smallest absolute Gasteiger partial charge is 0.496 e. The number of nitrogens with one attached hydrogen (secondary N) is 1. The zero-order valence-corrected chi connectivity index (χ0v) is 22.8. The molecule has 0 saturated heterocycles. The molecule has 41 heavy (non-hydrogen) atoms. The molecule has 2 amide bonds. The van der Waals surface area contributed by atoms with Crippen molar-refractivity contribution in [3.63, 3.8) is 0 Å². The minimum atomic E-state index is -4.93. The summed E-state index contributed by atoms with van der Waals surface area (Å²) in [4.78, 5) is 32.1. The predicted molar refractivity (Wildman–Crippen MR) is 150 cm³/mol. The molecular weight excluding hydrogens is 563 g/mol. The molecule has 1 aliphatic heterocycles. The lowest BCUT2D eigenvalue weighted by Crippen LogP contribution is -2.31. The van der Waals surface area contributed by atoms with Gasteiger partial charge >= 0.3 is 6.36 Å². The third kappa shape index (κ3) is 7.11. The zero-order valence-electron chi connectivity index (χ0n) is 22.0. The number of halogens is 3. The van der Waals surface area contributed by atoms with Crippen molar-refractivity contribution in [1.82, 2.24) is 0 Å². The van der Waals surface area contributed by atoms with Crippen molar-refractivity contribution < 1.29 is 41.7 Å². The van der Waals surface area contributed by atoms with Crippen molar-refractivity contribution in [2.24, 2.45) is 4.99 Å². The van der Waals surface area contributed by atoms with Gasteiger partial charge in [0.05, 0.1) is 38.5 Å². The molecule has 13 heteroatoms. The summed E-state index contributed by atoms with van der Waals surface area (Å²) in [5, 5.41) is 2.61. The summed E-state index contributed by atoms with van der Waals surface area (Å²) < 4.78 is 58.4. The van der Waals surface area contributed by atoms with E-state index < -0.39 is 23.9 Å². The predicted octanol–water partition coefficient (Wildman–Crippen LogP) is 5.73. The monoisotopic (exact) mass is 587 g/mol. The van der Waals surface area contributed by atoms with Crippen LogP contribution in [-0.4, -0.2) is 50.4 Å². The van der Waals surface area contributed by atoms with Crippen molar-refractivity contribution in [2.45, 2.75) is 6.36 Å². The zero-order chi connectivity index (χ0) is 29.6. The molecule has 0 aromatic heterocycles. The fraction of sp³-hybridized carbons (Fsp3) is 0.179. The lowest BCUT2D eigenvalue weighted by atomic mass is 10.1. The Bertz CT molecular complexity index is 1500. The maximum absolute atomic E-state index is 13.5. The van der Waals surface area contributed by atoms with Crippen LogP contribution in [0.3, 0.4) is 0 Å². The summed E-state index contributed by atoms with van der Waals surface area (Å²) in [6.07, 6.45) is -3.40. The number of carbonyl (C=O) groups is 2. The number of amidine groups is 1. The van der Waals surface area contributed by atoms with E-state index in [0.717, 1.165) is 17.8 Å². The van der Waals surface area contributed by atoms with Crippen LogP contribution in [0.4, 0.5) is 24.5 Å². The summed E-state index contributed by atoms with van der Waals surface area (Å²) in [5.41, 5.74) is 0.915. The Morgan fingerprint density at radius 1 is 0.927 bits per heavy atom. The average molecular weight is 588 g/mol. The van der Waals surface area contributed by atoms with E-state index in [9.17, 15) is 22.8 Å². The van der Waals surface area contributed by atoms with Gasteiger partial charge in [-0.3, -0.25) is 14.5 Å². The van der Waals surface area contributed by atoms with Gasteiger partial charge in [-0.15, -0.1) is 13.2 Å². The van der Waals surface area contributed by atoms with Crippen LogP contribution >= 0.6 is 11.8 Å². The number of para-hydroxylation sites is 3. The molecule has 0 fully saturated rings. The van der Waals surface area contributed by atoms with Crippen molar-refractivity contribution in [2.75, 3.05) is 37.3 Å². The molecule has 1 heterocycles. The summed E-state index contributed by atoms with van der Waals surface area (Å²) >= 11 is 0.938. The molecule has 0 saturated carbocycles. The van der Waals surface area contributed by atoms with Gasteiger partial charge in [-0.25, -0.2) is 4.99 Å². The highest BCUT2D eigenvalue weighted by molar-refractivity contribution is 8.14. The second kappa shape index (κ2) is 12.7. The lowest BCUT2D eigenvalue weighted by Gasteiger charge is -2.18. The van der Waals surface area contributed by atoms with Crippen LogP contribution in [0.25, 0.3) is 6.08 Å². The van der Waals surface area contributed by atoms with Crippen LogP contribution in [0, 0.1) is 0 Å². The molecular formula is C28H24F3N3O6S. The highest BCUT2D eigenvalue weighted by Gasteiger charge is 2.34. The first kappa shape index (κ1) is 29.3. The Morgan fingerprint density at radius 2 is 1.56 bits per heavy atom. The number of thioether (sulfide) groups is 1. The first-order valence-corrected chi connectivity index (χ1v) is 12.9. The Balaban J connectivity index is 1.61. The van der Waals surface area contributed by atoms with Gasteiger partial charge in [-0.05, 0) is 36.4 Å². The van der Waals surface area contributed by atoms with Crippen LogP contribution in [0.1, 0.15) is 5.56 Å². The van der Waals surface area contributed by atoms with Gasteiger partial charge in [0.1, 0.15) is 11.4 Å². The highest BCUT2D eigenvalue weighted by atomic mass is 32.2. The summed E-state index contributed by atoms with van der Waals surface area (Å²) in [7, 11) is 4.43. The fourth-order valence-corrected chi connectivity index (χ4v) is 4.62. The maximum Gasteiger partial charge on any atom is 0.573 e. The second-order valence-electron chi connectivity index (χ2n) is 8.23. The average Bonchev–Trinajstić information content (AvgIpc) is 3.26. The topological polar surface area (TPSA) is 98.7 Å². The SMILES string of the molecule is COc1cc(OC)c(OC)cc1C=C1N=C(SCC(=O)Nc2ccccc2OC(F)(F)F)N(c2ccccc2)C1=O. The Labute approximate surface area is 237 Å². The van der Waals surface area contributed by atoms with E-state index in [1.165, 1.54) is 50.5 Å². The number of methoxy groups -OCH3 is 3. The first-order valence-electron chi connectivity index (χ1n) is 11.9.